The zero-order valence-electron chi connectivity index (χ0n) is 9.07. The summed E-state index contributed by atoms with van der Waals surface area (Å²) >= 11 is 1.75. The lowest BCUT2D eigenvalue weighted by atomic mass is 9.78. The second kappa shape index (κ2) is 3.30. The van der Waals surface area contributed by atoms with Gasteiger partial charge in [0.15, 0.2) is 0 Å². The molecule has 2 saturated heterocycles. The summed E-state index contributed by atoms with van der Waals surface area (Å²) in [5.74, 6) is 0.459. The highest BCUT2D eigenvalue weighted by Gasteiger charge is 2.46. The third-order valence-corrected chi connectivity index (χ3v) is 4.85. The van der Waals surface area contributed by atoms with E-state index < -0.39 is 5.60 Å². The molecule has 3 atom stereocenters. The van der Waals surface area contributed by atoms with Crippen LogP contribution in [0.15, 0.2) is 11.4 Å². The van der Waals surface area contributed by atoms with Gasteiger partial charge in [-0.2, -0.15) is 0 Å². The SMILES string of the molecule is Cc1cc(C2(O)CCN3CCC2C3)cs1. The van der Waals surface area contributed by atoms with Crippen molar-refractivity contribution >= 4 is 11.3 Å². The number of piperidine rings is 1. The molecule has 2 nitrogen and oxygen atoms in total. The number of aryl methyl sites for hydroxylation is 1. The van der Waals surface area contributed by atoms with E-state index in [4.69, 9.17) is 0 Å². The Hall–Kier alpha value is -0.380. The molecule has 2 aliphatic heterocycles. The van der Waals surface area contributed by atoms with Gasteiger partial charge in [-0.25, -0.2) is 0 Å². The lowest BCUT2D eigenvalue weighted by molar-refractivity contribution is -0.0499. The Labute approximate surface area is 94.5 Å². The lowest BCUT2D eigenvalue weighted by Crippen LogP contribution is -2.43. The van der Waals surface area contributed by atoms with Gasteiger partial charge in [0.25, 0.3) is 0 Å². The number of hydrogen-bond acceptors (Lipinski definition) is 3. The van der Waals surface area contributed by atoms with Crippen molar-refractivity contribution in [1.82, 2.24) is 4.90 Å². The first kappa shape index (κ1) is 9.82. The molecule has 1 aromatic heterocycles. The quantitative estimate of drug-likeness (QED) is 0.787. The van der Waals surface area contributed by atoms with Crippen molar-refractivity contribution in [3.8, 4) is 0 Å². The molecule has 1 aromatic rings. The summed E-state index contributed by atoms with van der Waals surface area (Å²) in [6, 6.07) is 2.17. The highest BCUT2D eigenvalue weighted by atomic mass is 32.1. The van der Waals surface area contributed by atoms with Gasteiger partial charge in [0.2, 0.25) is 0 Å². The molecule has 0 radical (unpaired) electrons. The van der Waals surface area contributed by atoms with Crippen molar-refractivity contribution < 1.29 is 5.11 Å². The number of nitrogens with zero attached hydrogens (tertiary/aromatic N) is 1. The van der Waals surface area contributed by atoms with Crippen LogP contribution in [0.3, 0.4) is 0 Å². The number of thiophene rings is 1. The van der Waals surface area contributed by atoms with Gasteiger partial charge in [0, 0.05) is 23.9 Å². The van der Waals surface area contributed by atoms with E-state index in [-0.39, 0.29) is 0 Å². The third-order valence-electron chi connectivity index (χ3n) is 3.99. The standard InChI is InChI=1S/C12H17NOS/c1-9-6-11(8-15-9)12(14)3-5-13-4-2-10(12)7-13/h6,8,10,14H,2-5,7H2,1H3. The minimum absolute atomic E-state index is 0.459. The Morgan fingerprint density at radius 3 is 3.13 bits per heavy atom. The highest BCUT2D eigenvalue weighted by molar-refractivity contribution is 7.10. The van der Waals surface area contributed by atoms with Crippen molar-refractivity contribution in [3.05, 3.63) is 21.9 Å². The molecule has 15 heavy (non-hydrogen) atoms. The molecule has 82 valence electrons. The fourth-order valence-electron chi connectivity index (χ4n) is 3.01. The molecule has 2 aliphatic rings. The van der Waals surface area contributed by atoms with E-state index in [0.717, 1.165) is 31.5 Å². The molecule has 0 spiro atoms. The van der Waals surface area contributed by atoms with E-state index in [1.165, 1.54) is 11.4 Å². The zero-order chi connectivity index (χ0) is 10.5. The predicted octanol–water partition coefficient (Wildman–Crippen LogP) is 1.97. The van der Waals surface area contributed by atoms with Gasteiger partial charge >= 0.3 is 0 Å². The number of fused-ring (bicyclic) bond motifs is 2. The average molecular weight is 223 g/mol. The Morgan fingerprint density at radius 1 is 1.53 bits per heavy atom. The summed E-state index contributed by atoms with van der Waals surface area (Å²) in [5, 5.41) is 13.0. The van der Waals surface area contributed by atoms with Crippen LogP contribution in [0.4, 0.5) is 0 Å². The Bertz CT molecular complexity index is 375. The molecular formula is C12H17NOS. The molecule has 0 saturated carbocycles. The van der Waals surface area contributed by atoms with Crippen LogP contribution in [-0.2, 0) is 5.60 Å². The molecule has 3 rings (SSSR count). The first-order chi connectivity index (χ1) is 7.18. The zero-order valence-corrected chi connectivity index (χ0v) is 9.89. The van der Waals surface area contributed by atoms with E-state index in [9.17, 15) is 5.11 Å². The van der Waals surface area contributed by atoms with Crippen LogP contribution >= 0.6 is 11.3 Å². The first-order valence-corrected chi connectivity index (χ1v) is 6.57. The fourth-order valence-corrected chi connectivity index (χ4v) is 3.79. The summed E-state index contributed by atoms with van der Waals surface area (Å²) in [6.45, 7) is 5.44. The molecule has 3 heteroatoms. The van der Waals surface area contributed by atoms with E-state index >= 15 is 0 Å². The summed E-state index contributed by atoms with van der Waals surface area (Å²) < 4.78 is 0. The van der Waals surface area contributed by atoms with Gasteiger partial charge in [-0.3, -0.25) is 0 Å². The van der Waals surface area contributed by atoms with E-state index in [1.54, 1.807) is 11.3 Å². The summed E-state index contributed by atoms with van der Waals surface area (Å²) in [5.41, 5.74) is 0.633. The molecule has 3 unspecified atom stereocenters. The van der Waals surface area contributed by atoms with Crippen LogP contribution in [0, 0.1) is 12.8 Å². The second-order valence-corrected chi connectivity index (χ2v) is 6.02. The topological polar surface area (TPSA) is 23.5 Å². The van der Waals surface area contributed by atoms with Crippen molar-refractivity contribution in [2.24, 2.45) is 5.92 Å². The van der Waals surface area contributed by atoms with Crippen LogP contribution in [0.1, 0.15) is 23.3 Å². The average Bonchev–Trinajstić information content (AvgIpc) is 2.81. The van der Waals surface area contributed by atoms with Crippen molar-refractivity contribution in [1.29, 1.82) is 0 Å². The number of rotatable bonds is 1. The van der Waals surface area contributed by atoms with E-state index in [0.29, 0.717) is 5.92 Å². The maximum Gasteiger partial charge on any atom is 0.0957 e. The largest absolute Gasteiger partial charge is 0.385 e. The third kappa shape index (κ3) is 1.45. The molecule has 0 aliphatic carbocycles. The maximum absolute atomic E-state index is 10.8. The normalized spacial score (nSPS) is 39.6. The van der Waals surface area contributed by atoms with Gasteiger partial charge in [-0.15, -0.1) is 11.3 Å². The van der Waals surface area contributed by atoms with Crippen LogP contribution < -0.4 is 0 Å². The van der Waals surface area contributed by atoms with Crippen molar-refractivity contribution in [2.75, 3.05) is 19.6 Å². The lowest BCUT2D eigenvalue weighted by Gasteiger charge is -2.38. The molecule has 0 aromatic carbocycles. The monoisotopic (exact) mass is 223 g/mol. The molecule has 2 fully saturated rings. The van der Waals surface area contributed by atoms with E-state index in [1.807, 2.05) is 0 Å². The number of aliphatic hydroxyl groups is 1. The molecule has 0 amide bonds. The first-order valence-electron chi connectivity index (χ1n) is 5.69. The Kier molecular flexibility index (Phi) is 2.16. The van der Waals surface area contributed by atoms with Crippen LogP contribution in [0.2, 0.25) is 0 Å². The van der Waals surface area contributed by atoms with Gasteiger partial charge in [0.05, 0.1) is 5.60 Å². The van der Waals surface area contributed by atoms with Crippen LogP contribution in [0.25, 0.3) is 0 Å². The summed E-state index contributed by atoms with van der Waals surface area (Å²) in [4.78, 5) is 3.78. The minimum atomic E-state index is -0.530. The Morgan fingerprint density at radius 2 is 2.40 bits per heavy atom. The molecular weight excluding hydrogens is 206 g/mol. The van der Waals surface area contributed by atoms with Gasteiger partial charge in [-0.05, 0) is 43.3 Å². The second-order valence-electron chi connectivity index (χ2n) is 4.91. The molecule has 3 heterocycles. The molecule has 2 bridgehead atoms. The fraction of sp³-hybridized carbons (Fsp3) is 0.667. The maximum atomic E-state index is 10.8. The van der Waals surface area contributed by atoms with Crippen LogP contribution in [-0.4, -0.2) is 29.6 Å². The van der Waals surface area contributed by atoms with Gasteiger partial charge < -0.3 is 10.0 Å². The Balaban J connectivity index is 1.95. The van der Waals surface area contributed by atoms with Crippen molar-refractivity contribution in [3.63, 3.8) is 0 Å². The number of hydrogen-bond donors (Lipinski definition) is 1. The van der Waals surface area contributed by atoms with Crippen LogP contribution in [0.5, 0.6) is 0 Å². The minimum Gasteiger partial charge on any atom is -0.385 e. The predicted molar refractivity (Wildman–Crippen MR) is 62.1 cm³/mol. The molecule has 1 N–H and O–H groups in total. The van der Waals surface area contributed by atoms with Gasteiger partial charge in [0.1, 0.15) is 0 Å². The summed E-state index contributed by atoms with van der Waals surface area (Å²) in [7, 11) is 0. The highest BCUT2D eigenvalue weighted by Crippen LogP contribution is 2.43. The van der Waals surface area contributed by atoms with Gasteiger partial charge in [-0.1, -0.05) is 0 Å². The van der Waals surface area contributed by atoms with E-state index in [2.05, 4.69) is 23.3 Å². The summed E-state index contributed by atoms with van der Waals surface area (Å²) in [6.07, 6.45) is 2.07. The van der Waals surface area contributed by atoms with Crippen molar-refractivity contribution in [2.45, 2.75) is 25.4 Å². The smallest absolute Gasteiger partial charge is 0.0957 e.